The molecule has 1 fully saturated rings. The van der Waals surface area contributed by atoms with Gasteiger partial charge >= 0.3 is 5.97 Å². The van der Waals surface area contributed by atoms with E-state index < -0.39 is 5.97 Å². The Hall–Kier alpha value is -2.10. The smallest absolute Gasteiger partial charge is 0.308 e. The van der Waals surface area contributed by atoms with E-state index in [2.05, 4.69) is 28.1 Å². The quantitative estimate of drug-likeness (QED) is 0.896. The molecule has 98 valence electrons. The van der Waals surface area contributed by atoms with Crippen molar-refractivity contribution in [1.29, 1.82) is 0 Å². The van der Waals surface area contributed by atoms with Crippen LogP contribution in [0.3, 0.4) is 0 Å². The molecule has 0 saturated carbocycles. The zero-order valence-corrected chi connectivity index (χ0v) is 10.8. The number of benzene rings is 1. The maximum atomic E-state index is 11.0. The van der Waals surface area contributed by atoms with E-state index in [9.17, 15) is 4.79 Å². The number of nitrogens with zero attached hydrogens (tertiary/aromatic N) is 2. The molecular formula is C15H16N2O2. The fourth-order valence-electron chi connectivity index (χ4n) is 2.56. The maximum absolute atomic E-state index is 11.0. The van der Waals surface area contributed by atoms with Gasteiger partial charge in [-0.25, -0.2) is 4.98 Å². The molecule has 1 aromatic carbocycles. The molecule has 19 heavy (non-hydrogen) atoms. The van der Waals surface area contributed by atoms with Crippen molar-refractivity contribution in [3.05, 3.63) is 35.9 Å². The van der Waals surface area contributed by atoms with E-state index in [4.69, 9.17) is 5.11 Å². The number of carboxylic acid groups (broad SMARTS) is 1. The number of aliphatic carboxylic acids is 1. The first-order chi connectivity index (χ1) is 9.13. The molecule has 4 heteroatoms. The highest BCUT2D eigenvalue weighted by atomic mass is 16.4. The predicted molar refractivity (Wildman–Crippen MR) is 74.4 cm³/mol. The SMILES string of the molecule is Cc1ccc2ccc(N3CCC(C(=O)O)C3)nc2c1. The molecule has 4 nitrogen and oxygen atoms in total. The second-order valence-corrected chi connectivity index (χ2v) is 5.14. The third-order valence-electron chi connectivity index (χ3n) is 3.69. The number of carboxylic acids is 1. The number of aryl methyl sites for hydroxylation is 1. The van der Waals surface area contributed by atoms with Gasteiger partial charge in [0.2, 0.25) is 0 Å². The van der Waals surface area contributed by atoms with Gasteiger partial charge in [-0.3, -0.25) is 4.79 Å². The average Bonchev–Trinajstić information content (AvgIpc) is 2.87. The molecule has 1 N–H and O–H groups in total. The summed E-state index contributed by atoms with van der Waals surface area (Å²) < 4.78 is 0. The maximum Gasteiger partial charge on any atom is 0.308 e. The molecule has 0 bridgehead atoms. The third-order valence-corrected chi connectivity index (χ3v) is 3.69. The van der Waals surface area contributed by atoms with Crippen LogP contribution in [-0.4, -0.2) is 29.1 Å². The predicted octanol–water partition coefficient (Wildman–Crippen LogP) is 2.45. The summed E-state index contributed by atoms with van der Waals surface area (Å²) >= 11 is 0. The van der Waals surface area contributed by atoms with E-state index in [1.807, 2.05) is 19.1 Å². The molecule has 1 aromatic heterocycles. The number of aromatic nitrogens is 1. The number of pyridine rings is 1. The molecule has 1 aliphatic rings. The van der Waals surface area contributed by atoms with Crippen LogP contribution in [0.5, 0.6) is 0 Å². The summed E-state index contributed by atoms with van der Waals surface area (Å²) in [6.45, 7) is 3.37. The minimum absolute atomic E-state index is 0.269. The van der Waals surface area contributed by atoms with Gasteiger partial charge in [-0.15, -0.1) is 0 Å². The molecule has 0 amide bonds. The summed E-state index contributed by atoms with van der Waals surface area (Å²) in [4.78, 5) is 17.7. The summed E-state index contributed by atoms with van der Waals surface area (Å²) in [5.74, 6) is -0.101. The summed E-state index contributed by atoms with van der Waals surface area (Å²) in [6, 6.07) is 10.2. The van der Waals surface area contributed by atoms with Crippen molar-refractivity contribution >= 4 is 22.7 Å². The van der Waals surface area contributed by atoms with Crippen molar-refractivity contribution in [2.45, 2.75) is 13.3 Å². The van der Waals surface area contributed by atoms with Crippen molar-refractivity contribution in [1.82, 2.24) is 4.98 Å². The zero-order valence-electron chi connectivity index (χ0n) is 10.8. The molecule has 1 saturated heterocycles. The number of hydrogen-bond acceptors (Lipinski definition) is 3. The molecule has 1 aliphatic heterocycles. The first kappa shape index (κ1) is 12.0. The normalized spacial score (nSPS) is 19.0. The Kier molecular flexibility index (Phi) is 2.85. The van der Waals surface area contributed by atoms with Gasteiger partial charge < -0.3 is 10.0 Å². The van der Waals surface area contributed by atoms with E-state index in [0.717, 1.165) is 23.3 Å². The van der Waals surface area contributed by atoms with Crippen molar-refractivity contribution in [3.8, 4) is 0 Å². The second-order valence-electron chi connectivity index (χ2n) is 5.14. The lowest BCUT2D eigenvalue weighted by molar-refractivity contribution is -0.140. The minimum atomic E-state index is -0.709. The van der Waals surface area contributed by atoms with Crippen LogP contribution in [0.1, 0.15) is 12.0 Å². The number of rotatable bonds is 2. The van der Waals surface area contributed by atoms with Gasteiger partial charge in [0.05, 0.1) is 11.4 Å². The number of fused-ring (bicyclic) bond motifs is 1. The molecule has 1 unspecified atom stereocenters. The highest BCUT2D eigenvalue weighted by Gasteiger charge is 2.28. The van der Waals surface area contributed by atoms with Gasteiger partial charge in [0, 0.05) is 18.5 Å². The van der Waals surface area contributed by atoms with Gasteiger partial charge in [-0.05, 0) is 37.1 Å². The highest BCUT2D eigenvalue weighted by molar-refractivity contribution is 5.81. The Morgan fingerprint density at radius 2 is 2.16 bits per heavy atom. The van der Waals surface area contributed by atoms with Gasteiger partial charge in [-0.2, -0.15) is 0 Å². The number of carbonyl (C=O) groups is 1. The Morgan fingerprint density at radius 1 is 1.37 bits per heavy atom. The van der Waals surface area contributed by atoms with E-state index in [1.165, 1.54) is 5.56 Å². The van der Waals surface area contributed by atoms with Crippen LogP contribution >= 0.6 is 0 Å². The molecule has 2 aromatic rings. The van der Waals surface area contributed by atoms with Crippen molar-refractivity contribution in [2.75, 3.05) is 18.0 Å². The Bertz CT molecular complexity index is 639. The fraction of sp³-hybridized carbons (Fsp3) is 0.333. The number of anilines is 1. The Balaban J connectivity index is 1.91. The number of hydrogen-bond donors (Lipinski definition) is 1. The zero-order chi connectivity index (χ0) is 13.4. The van der Waals surface area contributed by atoms with Gasteiger partial charge in [-0.1, -0.05) is 12.1 Å². The molecule has 0 spiro atoms. The van der Waals surface area contributed by atoms with Crippen molar-refractivity contribution in [2.24, 2.45) is 5.92 Å². The van der Waals surface area contributed by atoms with Gasteiger partial charge in [0.25, 0.3) is 0 Å². The van der Waals surface area contributed by atoms with Crippen LogP contribution in [0.15, 0.2) is 30.3 Å². The van der Waals surface area contributed by atoms with Crippen molar-refractivity contribution in [3.63, 3.8) is 0 Å². The largest absolute Gasteiger partial charge is 0.481 e. The first-order valence-corrected chi connectivity index (χ1v) is 6.48. The van der Waals surface area contributed by atoms with Crippen LogP contribution < -0.4 is 4.90 Å². The standard InChI is InChI=1S/C15H16N2O2/c1-10-2-3-11-4-5-14(16-13(11)8-10)17-7-6-12(9-17)15(18)19/h2-5,8,12H,6-7,9H2,1H3,(H,18,19). The van der Waals surface area contributed by atoms with Crippen LogP contribution in [-0.2, 0) is 4.79 Å². The molecule has 0 radical (unpaired) electrons. The Morgan fingerprint density at radius 3 is 2.89 bits per heavy atom. The molecule has 3 rings (SSSR count). The Labute approximate surface area is 111 Å². The van der Waals surface area contributed by atoms with Gasteiger partial charge in [0.15, 0.2) is 0 Å². The van der Waals surface area contributed by atoms with Crippen LogP contribution in [0.25, 0.3) is 10.9 Å². The molecule has 0 aliphatic carbocycles. The fourth-order valence-corrected chi connectivity index (χ4v) is 2.56. The van der Waals surface area contributed by atoms with E-state index in [0.29, 0.717) is 13.0 Å². The summed E-state index contributed by atoms with van der Waals surface area (Å²) in [7, 11) is 0. The summed E-state index contributed by atoms with van der Waals surface area (Å²) in [6.07, 6.45) is 0.697. The average molecular weight is 256 g/mol. The second kappa shape index (κ2) is 4.53. The molecular weight excluding hydrogens is 240 g/mol. The van der Waals surface area contributed by atoms with Gasteiger partial charge in [0.1, 0.15) is 5.82 Å². The lowest BCUT2D eigenvalue weighted by Gasteiger charge is -2.17. The van der Waals surface area contributed by atoms with E-state index >= 15 is 0 Å². The minimum Gasteiger partial charge on any atom is -0.481 e. The lowest BCUT2D eigenvalue weighted by atomic mass is 10.1. The topological polar surface area (TPSA) is 53.4 Å². The monoisotopic (exact) mass is 256 g/mol. The summed E-state index contributed by atoms with van der Waals surface area (Å²) in [5, 5.41) is 10.2. The summed E-state index contributed by atoms with van der Waals surface area (Å²) in [5.41, 5.74) is 2.15. The van der Waals surface area contributed by atoms with Crippen LogP contribution in [0, 0.1) is 12.8 Å². The lowest BCUT2D eigenvalue weighted by Crippen LogP contribution is -2.23. The van der Waals surface area contributed by atoms with E-state index in [1.54, 1.807) is 0 Å². The van der Waals surface area contributed by atoms with E-state index in [-0.39, 0.29) is 5.92 Å². The van der Waals surface area contributed by atoms with Crippen LogP contribution in [0.4, 0.5) is 5.82 Å². The molecule has 1 atom stereocenters. The first-order valence-electron chi connectivity index (χ1n) is 6.48. The van der Waals surface area contributed by atoms with Crippen LogP contribution in [0.2, 0.25) is 0 Å². The third kappa shape index (κ3) is 2.26. The highest BCUT2D eigenvalue weighted by Crippen LogP contribution is 2.24. The van der Waals surface area contributed by atoms with Crippen molar-refractivity contribution < 1.29 is 9.90 Å². The molecule has 2 heterocycles.